The molecule has 1 saturated heterocycles. The average Bonchev–Trinajstić information content (AvgIpc) is 3.62. The normalized spacial score (nSPS) is 16.5. The highest BCUT2D eigenvalue weighted by atomic mass is 16.7. The van der Waals surface area contributed by atoms with Crippen LogP contribution >= 0.6 is 0 Å². The van der Waals surface area contributed by atoms with Crippen molar-refractivity contribution >= 4 is 0 Å². The molecule has 1 aromatic rings. The Kier molecular flexibility index (Phi) is 28.6. The van der Waals surface area contributed by atoms with Gasteiger partial charge in [0.1, 0.15) is 0 Å². The Hall–Kier alpha value is -2.01. The smallest absolute Gasteiger partial charge is 0.168 e. The van der Waals surface area contributed by atoms with Crippen LogP contribution in [0.15, 0.2) is 73.1 Å². The van der Waals surface area contributed by atoms with Gasteiger partial charge < -0.3 is 14.4 Å². The Morgan fingerprint density at radius 2 is 1.04 bits per heavy atom. The fourth-order valence-electron chi connectivity index (χ4n) is 8.13. The fraction of sp³-hybridized carbons (Fsp3) is 0.755. The summed E-state index contributed by atoms with van der Waals surface area (Å²) in [6.45, 7) is 15.7. The van der Waals surface area contributed by atoms with Crippen LogP contribution in [0.25, 0.3) is 0 Å². The molecule has 2 rings (SSSR count). The van der Waals surface area contributed by atoms with Crippen molar-refractivity contribution in [1.29, 1.82) is 0 Å². The highest BCUT2D eigenvalue weighted by Crippen LogP contribution is 2.39. The molecule has 0 amide bonds. The number of hydrogen-bond donors (Lipinski definition) is 0. The zero-order valence-electron chi connectivity index (χ0n) is 38.7. The third-order valence-corrected chi connectivity index (χ3v) is 13.1. The molecule has 2 heterocycles. The van der Waals surface area contributed by atoms with E-state index in [0.717, 1.165) is 45.3 Å². The molecule has 1 aliphatic rings. The molecule has 4 heteroatoms. The topological polar surface area (TPSA) is 34.6 Å². The molecule has 1 fully saturated rings. The second kappa shape index (κ2) is 31.9. The molecule has 0 radical (unpaired) electrons. The van der Waals surface area contributed by atoms with E-state index in [-0.39, 0.29) is 22.8 Å². The summed E-state index contributed by atoms with van der Waals surface area (Å²) in [5.74, 6) is -0.389. The van der Waals surface area contributed by atoms with Crippen molar-refractivity contribution in [2.45, 2.75) is 238 Å². The molecule has 1 unspecified atom stereocenters. The van der Waals surface area contributed by atoms with Gasteiger partial charge in [-0.1, -0.05) is 153 Å². The summed E-state index contributed by atoms with van der Waals surface area (Å²) in [5, 5.41) is 0. The summed E-state index contributed by atoms with van der Waals surface area (Å²) in [6, 6.07) is 4.33. The second-order valence-corrected chi connectivity index (χ2v) is 18.3. The Morgan fingerprint density at radius 3 is 1.49 bits per heavy atom. The molecule has 0 N–H and O–H groups in total. The lowest BCUT2D eigenvalue weighted by atomic mass is 9.69. The Bertz CT molecular complexity index is 1150. The van der Waals surface area contributed by atoms with Crippen molar-refractivity contribution in [1.82, 2.24) is 9.88 Å². The van der Waals surface area contributed by atoms with E-state index in [1.807, 2.05) is 12.4 Å². The third-order valence-electron chi connectivity index (χ3n) is 13.1. The molecular formula is C53H92N2O2. The van der Waals surface area contributed by atoms with E-state index in [1.165, 1.54) is 147 Å². The molecule has 0 bridgehead atoms. The molecular weight excluding hydrogens is 697 g/mol. The van der Waals surface area contributed by atoms with E-state index >= 15 is 0 Å². The van der Waals surface area contributed by atoms with Gasteiger partial charge in [0.2, 0.25) is 0 Å². The number of nitrogens with zero attached hydrogens (tertiary/aromatic N) is 2. The van der Waals surface area contributed by atoms with Crippen LogP contribution in [0.5, 0.6) is 0 Å². The minimum absolute atomic E-state index is 0.0233. The third kappa shape index (κ3) is 22.2. The quantitative estimate of drug-likeness (QED) is 0.0501. The molecule has 0 aliphatic carbocycles. The van der Waals surface area contributed by atoms with Crippen LogP contribution in [0.4, 0.5) is 0 Å². The first-order chi connectivity index (χ1) is 27.7. The Labute approximate surface area is 354 Å². The van der Waals surface area contributed by atoms with E-state index < -0.39 is 0 Å². The summed E-state index contributed by atoms with van der Waals surface area (Å²) in [6.07, 6.45) is 56.6. The van der Waals surface area contributed by atoms with Gasteiger partial charge in [-0.3, -0.25) is 4.98 Å². The standard InChI is InChI=1S/C53H92N2O2/c1-8-10-12-14-16-18-20-22-24-26-28-30-32-34-36-38-43-53(44-39-37-35-33-31-29-27-25-23-21-19-17-15-13-11-9-2)56-48-50(57-53)42-47-55(7)52(5,6)51(3,4)49-40-45-54-46-41-49/h16-19,22-25,40-41,45-46,50H,8-15,20-21,26-39,42-44,47-48H2,1-7H3/b18-16-,19-17-,24-22-,25-23-. The molecule has 1 aromatic heterocycles. The van der Waals surface area contributed by atoms with Crippen molar-refractivity contribution in [3.63, 3.8) is 0 Å². The van der Waals surface area contributed by atoms with Gasteiger partial charge in [0, 0.05) is 42.7 Å². The van der Waals surface area contributed by atoms with Crippen molar-refractivity contribution in [3.05, 3.63) is 78.7 Å². The molecule has 1 atom stereocenters. The molecule has 1 aliphatic heterocycles. The van der Waals surface area contributed by atoms with Gasteiger partial charge in [0.25, 0.3) is 0 Å². The van der Waals surface area contributed by atoms with Crippen molar-refractivity contribution < 1.29 is 9.47 Å². The number of unbranched alkanes of at least 4 members (excludes halogenated alkanes) is 18. The molecule has 0 saturated carbocycles. The SMILES string of the molecule is CCCCC/C=C\C/C=C\CCCCCCCCC1(CCCCCCCC/C=C\C/C=C\CCCCC)OCC(CCN(C)C(C)(C)C(C)(C)c2ccncc2)O1. The summed E-state index contributed by atoms with van der Waals surface area (Å²) in [4.78, 5) is 6.79. The van der Waals surface area contributed by atoms with Crippen LogP contribution in [0.1, 0.15) is 220 Å². The van der Waals surface area contributed by atoms with E-state index in [9.17, 15) is 0 Å². The lowest BCUT2D eigenvalue weighted by molar-refractivity contribution is -0.180. The molecule has 57 heavy (non-hydrogen) atoms. The van der Waals surface area contributed by atoms with Crippen molar-refractivity contribution in [3.8, 4) is 0 Å². The lowest BCUT2D eigenvalue weighted by Crippen LogP contribution is -2.55. The minimum Gasteiger partial charge on any atom is -0.347 e. The maximum absolute atomic E-state index is 6.95. The number of rotatable bonds is 36. The first kappa shape index (κ1) is 51.1. The Morgan fingerprint density at radius 1 is 0.614 bits per heavy atom. The monoisotopic (exact) mass is 789 g/mol. The zero-order valence-corrected chi connectivity index (χ0v) is 38.7. The number of allylic oxidation sites excluding steroid dienone is 8. The lowest BCUT2D eigenvalue weighted by Gasteiger charge is -2.48. The number of aromatic nitrogens is 1. The molecule has 0 spiro atoms. The van der Waals surface area contributed by atoms with Gasteiger partial charge in [0.05, 0.1) is 12.7 Å². The second-order valence-electron chi connectivity index (χ2n) is 18.3. The van der Waals surface area contributed by atoms with Gasteiger partial charge in [-0.2, -0.15) is 0 Å². The maximum Gasteiger partial charge on any atom is 0.168 e. The van der Waals surface area contributed by atoms with Crippen molar-refractivity contribution in [2.75, 3.05) is 20.2 Å². The largest absolute Gasteiger partial charge is 0.347 e. The fourth-order valence-corrected chi connectivity index (χ4v) is 8.13. The van der Waals surface area contributed by atoms with Gasteiger partial charge in [-0.25, -0.2) is 0 Å². The van der Waals surface area contributed by atoms with Crippen LogP contribution in [0, 0.1) is 0 Å². The van der Waals surface area contributed by atoms with Crippen molar-refractivity contribution in [2.24, 2.45) is 0 Å². The van der Waals surface area contributed by atoms with E-state index in [0.29, 0.717) is 0 Å². The highest BCUT2D eigenvalue weighted by Gasteiger charge is 2.43. The minimum atomic E-state index is -0.389. The number of hydrogen-bond acceptors (Lipinski definition) is 4. The zero-order chi connectivity index (χ0) is 41.3. The van der Waals surface area contributed by atoms with Crippen LogP contribution < -0.4 is 0 Å². The van der Waals surface area contributed by atoms with Crippen LogP contribution in [0.3, 0.4) is 0 Å². The van der Waals surface area contributed by atoms with E-state index in [1.54, 1.807) is 0 Å². The molecule has 4 nitrogen and oxygen atoms in total. The Balaban J connectivity index is 1.75. The van der Waals surface area contributed by atoms with E-state index in [2.05, 4.69) is 119 Å². The number of pyridine rings is 1. The molecule has 326 valence electrons. The average molecular weight is 789 g/mol. The van der Waals surface area contributed by atoms with Gasteiger partial charge in [0.15, 0.2) is 5.79 Å². The van der Waals surface area contributed by atoms with Crippen LogP contribution in [-0.2, 0) is 14.9 Å². The van der Waals surface area contributed by atoms with Gasteiger partial charge in [-0.05, 0) is 122 Å². The van der Waals surface area contributed by atoms with Gasteiger partial charge >= 0.3 is 0 Å². The molecule has 0 aromatic carbocycles. The van der Waals surface area contributed by atoms with Crippen LogP contribution in [-0.4, -0.2) is 47.5 Å². The predicted molar refractivity (Wildman–Crippen MR) is 250 cm³/mol. The first-order valence-electron chi connectivity index (χ1n) is 24.2. The highest BCUT2D eigenvalue weighted by molar-refractivity contribution is 5.26. The summed E-state index contributed by atoms with van der Waals surface area (Å²) < 4.78 is 13.6. The number of likely N-dealkylation sites (N-methyl/N-ethyl adjacent to an activating group) is 1. The predicted octanol–water partition coefficient (Wildman–Crippen LogP) is 16.0. The van der Waals surface area contributed by atoms with E-state index in [4.69, 9.17) is 9.47 Å². The van der Waals surface area contributed by atoms with Gasteiger partial charge in [-0.15, -0.1) is 0 Å². The number of ether oxygens (including phenoxy) is 2. The first-order valence-corrected chi connectivity index (χ1v) is 24.2. The van der Waals surface area contributed by atoms with Crippen LogP contribution in [0.2, 0.25) is 0 Å². The summed E-state index contributed by atoms with van der Waals surface area (Å²) >= 11 is 0. The maximum atomic E-state index is 6.95. The summed E-state index contributed by atoms with van der Waals surface area (Å²) in [7, 11) is 2.28. The summed E-state index contributed by atoms with van der Waals surface area (Å²) in [5.41, 5.74) is 1.27.